The maximum Gasteiger partial charge on any atom is 0.188 e. The molecule has 21 heavy (non-hydrogen) atoms. The van der Waals surface area contributed by atoms with E-state index in [2.05, 4.69) is 48.4 Å². The van der Waals surface area contributed by atoms with Gasteiger partial charge in [-0.2, -0.15) is 0 Å². The SMILES string of the molecule is Cc1csc(C(C)CN=C(N)NC(C)CCCC(C)C)n1. The molecule has 0 aliphatic rings. The summed E-state index contributed by atoms with van der Waals surface area (Å²) in [6.45, 7) is 11.5. The normalized spacial score (nSPS) is 15.2. The van der Waals surface area contributed by atoms with Crippen LogP contribution in [0.25, 0.3) is 0 Å². The van der Waals surface area contributed by atoms with E-state index in [-0.39, 0.29) is 0 Å². The number of rotatable bonds is 8. The maximum atomic E-state index is 5.96. The molecule has 0 aromatic carbocycles. The fourth-order valence-corrected chi connectivity index (χ4v) is 2.96. The molecule has 1 rings (SSSR count). The molecule has 0 fully saturated rings. The van der Waals surface area contributed by atoms with Gasteiger partial charge in [0.25, 0.3) is 0 Å². The Bertz CT molecular complexity index is 439. The molecule has 1 aromatic heterocycles. The second kappa shape index (κ2) is 9.03. The summed E-state index contributed by atoms with van der Waals surface area (Å²) in [5, 5.41) is 6.49. The molecule has 0 bridgehead atoms. The van der Waals surface area contributed by atoms with Crippen molar-refractivity contribution in [3.05, 3.63) is 16.1 Å². The molecule has 1 heterocycles. The number of thiazole rings is 1. The van der Waals surface area contributed by atoms with E-state index in [1.807, 2.05) is 6.92 Å². The lowest BCUT2D eigenvalue weighted by molar-refractivity contribution is 0.493. The molecule has 4 nitrogen and oxygen atoms in total. The lowest BCUT2D eigenvalue weighted by Gasteiger charge is -2.15. The Kier molecular flexibility index (Phi) is 7.72. The van der Waals surface area contributed by atoms with Crippen LogP contribution in [0.1, 0.15) is 63.6 Å². The van der Waals surface area contributed by atoms with Gasteiger partial charge < -0.3 is 11.1 Å². The standard InChI is InChI=1S/C16H30N4S/c1-11(2)7-6-8-13(4)20-16(17)18-9-12(3)15-19-14(5)10-21-15/h10-13H,6-9H2,1-5H3,(H3,17,18,20). The van der Waals surface area contributed by atoms with Crippen LogP contribution in [0.3, 0.4) is 0 Å². The Labute approximate surface area is 133 Å². The first-order chi connectivity index (χ1) is 9.88. The number of nitrogens with two attached hydrogens (primary N) is 1. The molecule has 3 N–H and O–H groups in total. The average molecular weight is 311 g/mol. The summed E-state index contributed by atoms with van der Waals surface area (Å²) in [6.07, 6.45) is 3.63. The molecule has 2 atom stereocenters. The third kappa shape index (κ3) is 7.46. The van der Waals surface area contributed by atoms with E-state index in [0.29, 0.717) is 24.5 Å². The van der Waals surface area contributed by atoms with Gasteiger partial charge >= 0.3 is 0 Å². The number of hydrogen-bond acceptors (Lipinski definition) is 3. The van der Waals surface area contributed by atoms with Crippen molar-refractivity contribution in [2.75, 3.05) is 6.54 Å². The van der Waals surface area contributed by atoms with E-state index in [4.69, 9.17) is 5.73 Å². The Morgan fingerprint density at radius 3 is 2.62 bits per heavy atom. The van der Waals surface area contributed by atoms with Crippen molar-refractivity contribution in [3.63, 3.8) is 0 Å². The molecule has 0 aliphatic heterocycles. The summed E-state index contributed by atoms with van der Waals surface area (Å²) in [7, 11) is 0. The zero-order valence-electron chi connectivity index (χ0n) is 14.0. The topological polar surface area (TPSA) is 63.3 Å². The Morgan fingerprint density at radius 1 is 1.33 bits per heavy atom. The van der Waals surface area contributed by atoms with Crippen molar-refractivity contribution >= 4 is 17.3 Å². The summed E-state index contributed by atoms with van der Waals surface area (Å²) in [5.74, 6) is 1.64. The van der Waals surface area contributed by atoms with E-state index in [9.17, 15) is 0 Å². The number of aromatic nitrogens is 1. The zero-order valence-corrected chi connectivity index (χ0v) is 14.8. The van der Waals surface area contributed by atoms with Crippen molar-refractivity contribution in [1.82, 2.24) is 10.3 Å². The van der Waals surface area contributed by atoms with Crippen molar-refractivity contribution in [2.24, 2.45) is 16.6 Å². The molecule has 0 saturated heterocycles. The molecule has 120 valence electrons. The molecular formula is C16H30N4S. The van der Waals surface area contributed by atoms with E-state index in [1.54, 1.807) is 11.3 Å². The predicted octanol–water partition coefficient (Wildman–Crippen LogP) is 3.67. The van der Waals surface area contributed by atoms with Crippen LogP contribution in [-0.2, 0) is 0 Å². The molecule has 1 aromatic rings. The minimum Gasteiger partial charge on any atom is -0.370 e. The van der Waals surface area contributed by atoms with Crippen molar-refractivity contribution in [1.29, 1.82) is 0 Å². The van der Waals surface area contributed by atoms with Gasteiger partial charge in [0.1, 0.15) is 0 Å². The quantitative estimate of drug-likeness (QED) is 0.569. The van der Waals surface area contributed by atoms with E-state index >= 15 is 0 Å². The summed E-state index contributed by atoms with van der Waals surface area (Å²) >= 11 is 1.70. The van der Waals surface area contributed by atoms with Gasteiger partial charge in [0, 0.05) is 23.0 Å². The summed E-state index contributed by atoms with van der Waals surface area (Å²) in [6, 6.07) is 0.380. The van der Waals surface area contributed by atoms with Crippen molar-refractivity contribution < 1.29 is 0 Å². The van der Waals surface area contributed by atoms with Crippen LogP contribution < -0.4 is 11.1 Å². The van der Waals surface area contributed by atoms with E-state index in [1.165, 1.54) is 12.8 Å². The smallest absolute Gasteiger partial charge is 0.188 e. The summed E-state index contributed by atoms with van der Waals surface area (Å²) in [4.78, 5) is 8.94. The highest BCUT2D eigenvalue weighted by Gasteiger charge is 2.09. The minimum atomic E-state index is 0.320. The minimum absolute atomic E-state index is 0.320. The van der Waals surface area contributed by atoms with Gasteiger partial charge in [-0.25, -0.2) is 4.98 Å². The summed E-state index contributed by atoms with van der Waals surface area (Å²) in [5.41, 5.74) is 7.04. The van der Waals surface area contributed by atoms with Crippen LogP contribution in [0.5, 0.6) is 0 Å². The summed E-state index contributed by atoms with van der Waals surface area (Å²) < 4.78 is 0. The first-order valence-electron chi connectivity index (χ1n) is 7.87. The molecule has 0 amide bonds. The van der Waals surface area contributed by atoms with Gasteiger partial charge in [-0.3, -0.25) is 4.99 Å². The maximum absolute atomic E-state index is 5.96. The van der Waals surface area contributed by atoms with Crippen molar-refractivity contribution in [3.8, 4) is 0 Å². The van der Waals surface area contributed by atoms with Gasteiger partial charge in [-0.1, -0.05) is 33.6 Å². The number of guanidine groups is 1. The van der Waals surface area contributed by atoms with Gasteiger partial charge in [0.2, 0.25) is 0 Å². The van der Waals surface area contributed by atoms with Crippen LogP contribution in [0.15, 0.2) is 10.4 Å². The van der Waals surface area contributed by atoms with E-state index in [0.717, 1.165) is 23.0 Å². The lowest BCUT2D eigenvalue weighted by atomic mass is 10.0. The molecule has 0 saturated carbocycles. The number of nitrogens with zero attached hydrogens (tertiary/aromatic N) is 2. The molecule has 0 radical (unpaired) electrons. The number of hydrogen-bond donors (Lipinski definition) is 2. The van der Waals surface area contributed by atoms with Crippen molar-refractivity contribution in [2.45, 2.75) is 65.8 Å². The molecular weight excluding hydrogens is 280 g/mol. The Hall–Kier alpha value is -1.10. The first-order valence-corrected chi connectivity index (χ1v) is 8.75. The second-order valence-electron chi connectivity index (χ2n) is 6.32. The highest BCUT2D eigenvalue weighted by molar-refractivity contribution is 7.09. The third-order valence-electron chi connectivity index (χ3n) is 3.41. The molecule has 2 unspecified atom stereocenters. The fraction of sp³-hybridized carbons (Fsp3) is 0.750. The van der Waals surface area contributed by atoms with E-state index < -0.39 is 0 Å². The Morgan fingerprint density at radius 2 is 2.05 bits per heavy atom. The van der Waals surface area contributed by atoms with Crippen LogP contribution in [-0.4, -0.2) is 23.5 Å². The molecule has 5 heteroatoms. The van der Waals surface area contributed by atoms with Gasteiger partial charge in [-0.05, 0) is 26.2 Å². The second-order valence-corrected chi connectivity index (χ2v) is 7.21. The lowest BCUT2D eigenvalue weighted by Crippen LogP contribution is -2.38. The largest absolute Gasteiger partial charge is 0.370 e. The van der Waals surface area contributed by atoms with Crippen LogP contribution in [0.4, 0.5) is 0 Å². The monoisotopic (exact) mass is 310 g/mol. The van der Waals surface area contributed by atoms with Gasteiger partial charge in [-0.15, -0.1) is 11.3 Å². The average Bonchev–Trinajstić information content (AvgIpc) is 2.82. The first kappa shape index (κ1) is 18.0. The molecule has 0 aliphatic carbocycles. The number of nitrogens with one attached hydrogen (secondary N) is 1. The fourth-order valence-electron chi connectivity index (χ4n) is 2.11. The highest BCUT2D eigenvalue weighted by Crippen LogP contribution is 2.19. The van der Waals surface area contributed by atoms with Crippen LogP contribution in [0.2, 0.25) is 0 Å². The predicted molar refractivity (Wildman–Crippen MR) is 93.0 cm³/mol. The molecule has 0 spiro atoms. The van der Waals surface area contributed by atoms with Gasteiger partial charge in [0.05, 0.1) is 11.6 Å². The van der Waals surface area contributed by atoms with Crippen LogP contribution >= 0.6 is 11.3 Å². The number of aliphatic imine (C=N–C) groups is 1. The number of aryl methyl sites for hydroxylation is 1. The van der Waals surface area contributed by atoms with Crippen LogP contribution in [0, 0.1) is 12.8 Å². The Balaban J connectivity index is 2.32. The van der Waals surface area contributed by atoms with Gasteiger partial charge in [0.15, 0.2) is 5.96 Å². The third-order valence-corrected chi connectivity index (χ3v) is 4.60. The highest BCUT2D eigenvalue weighted by atomic mass is 32.1. The zero-order chi connectivity index (χ0) is 15.8.